The van der Waals surface area contributed by atoms with Crippen molar-refractivity contribution < 1.29 is 4.79 Å². The number of likely N-dealkylation sites (tertiary alicyclic amines) is 2. The minimum Gasteiger partial charge on any atom is -0.341 e. The summed E-state index contributed by atoms with van der Waals surface area (Å²) in [6.07, 6.45) is 8.63. The van der Waals surface area contributed by atoms with Crippen LogP contribution in [0.3, 0.4) is 0 Å². The summed E-state index contributed by atoms with van der Waals surface area (Å²) in [5, 5.41) is 3.39. The van der Waals surface area contributed by atoms with Crippen molar-refractivity contribution in [3.05, 3.63) is 0 Å². The van der Waals surface area contributed by atoms with Gasteiger partial charge in [-0.25, -0.2) is 0 Å². The maximum Gasteiger partial charge on any atom is 0.239 e. The summed E-state index contributed by atoms with van der Waals surface area (Å²) in [5.74, 6) is 1.18. The van der Waals surface area contributed by atoms with Crippen LogP contribution in [0.25, 0.3) is 0 Å². The van der Waals surface area contributed by atoms with Crippen molar-refractivity contribution in [2.45, 2.75) is 51.0 Å². The predicted octanol–water partition coefficient (Wildman–Crippen LogP) is 2.31. The number of hydrogen-bond acceptors (Lipinski definition) is 3. The molecule has 3 saturated heterocycles. The lowest BCUT2D eigenvalue weighted by molar-refractivity contribution is -0.135. The van der Waals surface area contributed by atoms with E-state index in [0.29, 0.717) is 5.91 Å². The standard InChI is InChI=1S/C16H29N3O.2ClH/c20-16(15-5-1-2-8-17-15)19-11-6-14(7-12-19)13-18-9-3-4-10-18;;/h14-15,17H,1-13H2;2*1H/t15-;;/m0../s1. The third-order valence-corrected chi connectivity index (χ3v) is 5.25. The Labute approximate surface area is 147 Å². The monoisotopic (exact) mass is 351 g/mol. The number of nitrogens with one attached hydrogen (secondary N) is 1. The van der Waals surface area contributed by atoms with E-state index in [0.717, 1.165) is 32.0 Å². The Hall–Kier alpha value is -0.0300. The van der Waals surface area contributed by atoms with E-state index in [-0.39, 0.29) is 30.9 Å². The Balaban J connectivity index is 0.00000121. The molecule has 4 nitrogen and oxygen atoms in total. The molecule has 3 aliphatic heterocycles. The topological polar surface area (TPSA) is 35.6 Å². The molecule has 1 atom stereocenters. The summed E-state index contributed by atoms with van der Waals surface area (Å²) in [6, 6.07) is 0.110. The fraction of sp³-hybridized carbons (Fsp3) is 0.938. The van der Waals surface area contributed by atoms with Gasteiger partial charge in [0, 0.05) is 19.6 Å². The van der Waals surface area contributed by atoms with Gasteiger partial charge in [-0.2, -0.15) is 0 Å². The second-order valence-electron chi connectivity index (χ2n) is 6.78. The fourth-order valence-electron chi connectivity index (χ4n) is 3.95. The highest BCUT2D eigenvalue weighted by atomic mass is 35.5. The summed E-state index contributed by atoms with van der Waals surface area (Å²) < 4.78 is 0. The molecule has 1 amide bonds. The number of amides is 1. The van der Waals surface area contributed by atoms with Crippen LogP contribution in [0.4, 0.5) is 0 Å². The van der Waals surface area contributed by atoms with Gasteiger partial charge in [0.05, 0.1) is 6.04 Å². The molecule has 0 saturated carbocycles. The maximum absolute atomic E-state index is 12.5. The van der Waals surface area contributed by atoms with Gasteiger partial charge in [-0.1, -0.05) is 6.42 Å². The molecule has 6 heteroatoms. The van der Waals surface area contributed by atoms with Crippen LogP contribution in [0.5, 0.6) is 0 Å². The van der Waals surface area contributed by atoms with Gasteiger partial charge < -0.3 is 15.1 Å². The van der Waals surface area contributed by atoms with Crippen LogP contribution < -0.4 is 5.32 Å². The van der Waals surface area contributed by atoms with Crippen LogP contribution in [0, 0.1) is 5.92 Å². The van der Waals surface area contributed by atoms with Gasteiger partial charge >= 0.3 is 0 Å². The van der Waals surface area contributed by atoms with E-state index in [4.69, 9.17) is 0 Å². The first-order valence-electron chi connectivity index (χ1n) is 8.57. The smallest absolute Gasteiger partial charge is 0.239 e. The molecule has 0 aromatic heterocycles. The zero-order valence-corrected chi connectivity index (χ0v) is 15.1. The third kappa shape index (κ3) is 5.26. The molecule has 1 N–H and O–H groups in total. The van der Waals surface area contributed by atoms with Gasteiger partial charge in [-0.05, 0) is 64.1 Å². The highest BCUT2D eigenvalue weighted by molar-refractivity contribution is 5.85. The number of carbonyl (C=O) groups is 1. The summed E-state index contributed by atoms with van der Waals surface area (Å²) >= 11 is 0. The summed E-state index contributed by atoms with van der Waals surface area (Å²) in [7, 11) is 0. The molecule has 0 aliphatic carbocycles. The lowest BCUT2D eigenvalue weighted by Crippen LogP contribution is -2.51. The van der Waals surface area contributed by atoms with E-state index in [1.165, 1.54) is 58.2 Å². The van der Waals surface area contributed by atoms with Gasteiger partial charge in [-0.3, -0.25) is 4.79 Å². The molecule has 0 aromatic rings. The lowest BCUT2D eigenvalue weighted by atomic mass is 9.95. The first-order chi connectivity index (χ1) is 9.83. The molecule has 22 heavy (non-hydrogen) atoms. The molecule has 3 heterocycles. The van der Waals surface area contributed by atoms with Gasteiger partial charge in [0.25, 0.3) is 0 Å². The first-order valence-corrected chi connectivity index (χ1v) is 8.57. The SMILES string of the molecule is Cl.Cl.O=C([C@@H]1CCCCN1)N1CCC(CN2CCCC2)CC1. The van der Waals surface area contributed by atoms with Crippen molar-refractivity contribution in [3.8, 4) is 0 Å². The molecular weight excluding hydrogens is 321 g/mol. The van der Waals surface area contributed by atoms with Crippen molar-refractivity contribution in [2.75, 3.05) is 39.3 Å². The van der Waals surface area contributed by atoms with Crippen molar-refractivity contribution in [3.63, 3.8) is 0 Å². The molecule has 0 radical (unpaired) electrons. The summed E-state index contributed by atoms with van der Waals surface area (Å²) in [5.41, 5.74) is 0. The molecule has 0 bridgehead atoms. The van der Waals surface area contributed by atoms with E-state index in [9.17, 15) is 4.79 Å². The Morgan fingerprint density at radius 1 is 0.909 bits per heavy atom. The van der Waals surface area contributed by atoms with Crippen LogP contribution in [0.15, 0.2) is 0 Å². The molecule has 3 rings (SSSR count). The number of piperidine rings is 2. The summed E-state index contributed by atoms with van der Waals surface area (Å²) in [6.45, 7) is 6.84. The molecule has 0 spiro atoms. The highest BCUT2D eigenvalue weighted by Gasteiger charge is 2.29. The van der Waals surface area contributed by atoms with Crippen LogP contribution in [0.2, 0.25) is 0 Å². The predicted molar refractivity (Wildman–Crippen MR) is 95.1 cm³/mol. The van der Waals surface area contributed by atoms with Crippen LogP contribution in [-0.4, -0.2) is 61.0 Å². The molecule has 0 unspecified atom stereocenters. The van der Waals surface area contributed by atoms with Gasteiger partial charge in [0.2, 0.25) is 5.91 Å². The van der Waals surface area contributed by atoms with Crippen LogP contribution >= 0.6 is 24.8 Å². The normalized spacial score (nSPS) is 27.1. The largest absolute Gasteiger partial charge is 0.341 e. The number of rotatable bonds is 3. The van der Waals surface area contributed by atoms with Crippen molar-refractivity contribution in [2.24, 2.45) is 5.92 Å². The van der Waals surface area contributed by atoms with Crippen molar-refractivity contribution >= 4 is 30.7 Å². The quantitative estimate of drug-likeness (QED) is 0.847. The molecule has 3 fully saturated rings. The van der Waals surface area contributed by atoms with Crippen molar-refractivity contribution in [1.29, 1.82) is 0 Å². The molecular formula is C16H31Cl2N3O. The van der Waals surface area contributed by atoms with E-state index < -0.39 is 0 Å². The van der Waals surface area contributed by atoms with Crippen LogP contribution in [0.1, 0.15) is 44.9 Å². The first kappa shape index (κ1) is 20.0. The van der Waals surface area contributed by atoms with Gasteiger partial charge in [0.15, 0.2) is 0 Å². The molecule has 130 valence electrons. The Bertz CT molecular complexity index is 323. The van der Waals surface area contributed by atoms with Crippen LogP contribution in [-0.2, 0) is 4.79 Å². The minimum absolute atomic E-state index is 0. The van der Waals surface area contributed by atoms with E-state index in [2.05, 4.69) is 15.1 Å². The second kappa shape index (κ2) is 9.96. The Kier molecular flexibility index (Phi) is 9.07. The number of nitrogens with zero attached hydrogens (tertiary/aromatic N) is 2. The van der Waals surface area contributed by atoms with Gasteiger partial charge in [0.1, 0.15) is 0 Å². The number of halogens is 2. The average molecular weight is 352 g/mol. The zero-order valence-electron chi connectivity index (χ0n) is 13.5. The third-order valence-electron chi connectivity index (χ3n) is 5.25. The van der Waals surface area contributed by atoms with E-state index in [1.807, 2.05) is 0 Å². The number of carbonyl (C=O) groups excluding carboxylic acids is 1. The lowest BCUT2D eigenvalue weighted by Gasteiger charge is -2.36. The summed E-state index contributed by atoms with van der Waals surface area (Å²) in [4.78, 5) is 17.2. The van der Waals surface area contributed by atoms with Crippen molar-refractivity contribution in [1.82, 2.24) is 15.1 Å². The molecule has 3 aliphatic rings. The second-order valence-corrected chi connectivity index (χ2v) is 6.78. The average Bonchev–Trinajstić information content (AvgIpc) is 3.01. The number of hydrogen-bond donors (Lipinski definition) is 1. The highest BCUT2D eigenvalue weighted by Crippen LogP contribution is 2.22. The minimum atomic E-state index is 0. The molecule has 0 aromatic carbocycles. The van der Waals surface area contributed by atoms with Gasteiger partial charge in [-0.15, -0.1) is 24.8 Å². The van der Waals surface area contributed by atoms with E-state index >= 15 is 0 Å². The maximum atomic E-state index is 12.5. The Morgan fingerprint density at radius 3 is 2.18 bits per heavy atom. The Morgan fingerprint density at radius 2 is 1.59 bits per heavy atom. The van der Waals surface area contributed by atoms with E-state index in [1.54, 1.807) is 0 Å². The fourth-order valence-corrected chi connectivity index (χ4v) is 3.95. The zero-order chi connectivity index (χ0) is 13.8.